The third-order valence-corrected chi connectivity index (χ3v) is 1.69. The molecule has 0 fully saturated rings. The van der Waals surface area contributed by atoms with Gasteiger partial charge in [-0.05, 0) is 32.6 Å². The highest BCUT2D eigenvalue weighted by Gasteiger charge is 2.03. The summed E-state index contributed by atoms with van der Waals surface area (Å²) in [7, 11) is 0. The number of allylic oxidation sites excluding steroid dienone is 2. The van der Waals surface area contributed by atoms with E-state index >= 15 is 0 Å². The van der Waals surface area contributed by atoms with Gasteiger partial charge in [-0.25, -0.2) is 0 Å². The molecule has 0 saturated heterocycles. The third-order valence-electron chi connectivity index (χ3n) is 1.69. The fraction of sp³-hybridized carbons (Fsp3) is 0.750. The van der Waals surface area contributed by atoms with Crippen LogP contribution >= 0.6 is 0 Å². The highest BCUT2D eigenvalue weighted by atomic mass is 16.3. The maximum Gasteiger partial charge on any atom is 0.121 e. The molecular formula is C8H15NO. The lowest BCUT2D eigenvalue weighted by Gasteiger charge is -2.16. The summed E-state index contributed by atoms with van der Waals surface area (Å²) in [6, 6.07) is 0. The molecule has 1 atom stereocenters. The average molecular weight is 141 g/mol. The Hall–Kier alpha value is -0.500. The van der Waals surface area contributed by atoms with E-state index in [1.807, 2.05) is 0 Å². The minimum Gasteiger partial charge on any atom is -0.374 e. The first kappa shape index (κ1) is 7.61. The molecule has 2 heteroatoms. The topological polar surface area (TPSA) is 32.3 Å². The van der Waals surface area contributed by atoms with Crippen molar-refractivity contribution in [1.82, 2.24) is 5.32 Å². The molecule has 0 aliphatic heterocycles. The maximum absolute atomic E-state index is 8.95. The molecule has 2 nitrogen and oxygen atoms in total. The first-order chi connectivity index (χ1) is 4.79. The van der Waals surface area contributed by atoms with Crippen LogP contribution in [0.25, 0.3) is 0 Å². The van der Waals surface area contributed by atoms with Gasteiger partial charge in [0.1, 0.15) is 6.23 Å². The Balaban J connectivity index is 2.31. The molecule has 0 amide bonds. The van der Waals surface area contributed by atoms with Crippen molar-refractivity contribution in [3.63, 3.8) is 0 Å². The monoisotopic (exact) mass is 141 g/mol. The summed E-state index contributed by atoms with van der Waals surface area (Å²) < 4.78 is 0. The Morgan fingerprint density at radius 2 is 2.40 bits per heavy atom. The van der Waals surface area contributed by atoms with Crippen LogP contribution in [0.2, 0.25) is 0 Å². The second kappa shape index (κ2) is 3.62. The number of hydrogen-bond donors (Lipinski definition) is 2. The second-order valence-electron chi connectivity index (χ2n) is 2.80. The van der Waals surface area contributed by atoms with Gasteiger partial charge in [-0.2, -0.15) is 0 Å². The largest absolute Gasteiger partial charge is 0.374 e. The number of aliphatic hydroxyl groups excluding tert-OH is 1. The summed E-state index contributed by atoms with van der Waals surface area (Å²) in [5, 5.41) is 12.0. The molecular weight excluding hydrogens is 126 g/mol. The van der Waals surface area contributed by atoms with Gasteiger partial charge in [0.15, 0.2) is 0 Å². The molecule has 0 aromatic heterocycles. The van der Waals surface area contributed by atoms with Gasteiger partial charge < -0.3 is 10.4 Å². The molecule has 1 aliphatic carbocycles. The molecule has 58 valence electrons. The van der Waals surface area contributed by atoms with Crippen molar-refractivity contribution in [2.75, 3.05) is 0 Å². The van der Waals surface area contributed by atoms with E-state index in [0.29, 0.717) is 0 Å². The van der Waals surface area contributed by atoms with Crippen LogP contribution in [0.4, 0.5) is 0 Å². The van der Waals surface area contributed by atoms with Crippen LogP contribution in [0.1, 0.15) is 32.6 Å². The van der Waals surface area contributed by atoms with E-state index in [2.05, 4.69) is 11.4 Å². The zero-order valence-corrected chi connectivity index (χ0v) is 6.43. The first-order valence-corrected chi connectivity index (χ1v) is 3.92. The molecule has 1 aliphatic rings. The van der Waals surface area contributed by atoms with Gasteiger partial charge in [-0.1, -0.05) is 6.08 Å². The number of hydrogen-bond acceptors (Lipinski definition) is 2. The van der Waals surface area contributed by atoms with Gasteiger partial charge >= 0.3 is 0 Å². The van der Waals surface area contributed by atoms with Crippen LogP contribution in [-0.2, 0) is 0 Å². The Morgan fingerprint density at radius 1 is 1.60 bits per heavy atom. The third kappa shape index (κ3) is 2.40. The van der Waals surface area contributed by atoms with Crippen molar-refractivity contribution in [3.8, 4) is 0 Å². The Kier molecular flexibility index (Phi) is 2.75. The molecule has 2 N–H and O–H groups in total. The molecule has 0 bridgehead atoms. The van der Waals surface area contributed by atoms with E-state index in [4.69, 9.17) is 5.11 Å². The van der Waals surface area contributed by atoms with E-state index in [9.17, 15) is 0 Å². The minimum absolute atomic E-state index is 0.399. The van der Waals surface area contributed by atoms with Gasteiger partial charge in [0.25, 0.3) is 0 Å². The average Bonchev–Trinajstić information content (AvgIpc) is 1.88. The lowest BCUT2D eigenvalue weighted by atomic mass is 10.1. The van der Waals surface area contributed by atoms with Crippen LogP contribution in [0.15, 0.2) is 11.8 Å². The number of nitrogens with one attached hydrogen (secondary N) is 1. The van der Waals surface area contributed by atoms with Gasteiger partial charge in [0, 0.05) is 5.70 Å². The van der Waals surface area contributed by atoms with Gasteiger partial charge in [0.2, 0.25) is 0 Å². The van der Waals surface area contributed by atoms with Crippen molar-refractivity contribution in [1.29, 1.82) is 0 Å². The summed E-state index contributed by atoms with van der Waals surface area (Å²) in [5.41, 5.74) is 1.21. The summed E-state index contributed by atoms with van der Waals surface area (Å²) in [6.07, 6.45) is 6.59. The van der Waals surface area contributed by atoms with E-state index in [1.54, 1.807) is 6.92 Å². The quantitative estimate of drug-likeness (QED) is 0.569. The van der Waals surface area contributed by atoms with Crippen molar-refractivity contribution in [2.45, 2.75) is 38.8 Å². The van der Waals surface area contributed by atoms with Gasteiger partial charge in [-0.3, -0.25) is 0 Å². The van der Waals surface area contributed by atoms with Gasteiger partial charge in [0.05, 0.1) is 0 Å². The fourth-order valence-electron chi connectivity index (χ4n) is 1.24. The van der Waals surface area contributed by atoms with Crippen molar-refractivity contribution in [3.05, 3.63) is 11.8 Å². The molecule has 1 unspecified atom stereocenters. The van der Waals surface area contributed by atoms with Crippen LogP contribution in [0.3, 0.4) is 0 Å². The van der Waals surface area contributed by atoms with E-state index in [1.165, 1.54) is 18.5 Å². The van der Waals surface area contributed by atoms with E-state index in [-0.39, 0.29) is 0 Å². The number of rotatable bonds is 2. The summed E-state index contributed by atoms with van der Waals surface area (Å²) in [6.45, 7) is 1.75. The predicted octanol–water partition coefficient (Wildman–Crippen LogP) is 1.37. The summed E-state index contributed by atoms with van der Waals surface area (Å²) in [5.74, 6) is 0. The highest BCUT2D eigenvalue weighted by Crippen LogP contribution is 2.14. The van der Waals surface area contributed by atoms with E-state index < -0.39 is 6.23 Å². The smallest absolute Gasteiger partial charge is 0.121 e. The molecule has 10 heavy (non-hydrogen) atoms. The first-order valence-electron chi connectivity index (χ1n) is 3.92. The molecule has 0 heterocycles. The standard InChI is InChI=1S/C8H15NO/c1-7(10)9-8-5-3-2-4-6-8/h5,7,9-10H,2-4,6H2,1H3. The summed E-state index contributed by atoms with van der Waals surface area (Å²) in [4.78, 5) is 0. The van der Waals surface area contributed by atoms with Crippen LogP contribution in [0, 0.1) is 0 Å². The minimum atomic E-state index is -0.399. The highest BCUT2D eigenvalue weighted by molar-refractivity contribution is 5.02. The molecule has 1 rings (SSSR count). The Labute approximate surface area is 61.9 Å². The van der Waals surface area contributed by atoms with Crippen molar-refractivity contribution in [2.24, 2.45) is 0 Å². The lowest BCUT2D eigenvalue weighted by Crippen LogP contribution is -2.25. The van der Waals surface area contributed by atoms with Crippen LogP contribution < -0.4 is 5.32 Å². The molecule has 0 aromatic rings. The maximum atomic E-state index is 8.95. The zero-order valence-electron chi connectivity index (χ0n) is 6.43. The zero-order chi connectivity index (χ0) is 7.40. The van der Waals surface area contributed by atoms with E-state index in [0.717, 1.165) is 12.8 Å². The Bertz CT molecular complexity index is 129. The molecule has 0 saturated carbocycles. The Morgan fingerprint density at radius 3 is 2.90 bits per heavy atom. The fourth-order valence-corrected chi connectivity index (χ4v) is 1.24. The second-order valence-corrected chi connectivity index (χ2v) is 2.80. The SMILES string of the molecule is CC(O)NC1=CCCCC1. The van der Waals surface area contributed by atoms with Crippen LogP contribution in [0.5, 0.6) is 0 Å². The molecule has 0 spiro atoms. The normalized spacial score (nSPS) is 21.6. The lowest BCUT2D eigenvalue weighted by molar-refractivity contribution is 0.167. The summed E-state index contributed by atoms with van der Waals surface area (Å²) >= 11 is 0. The van der Waals surface area contributed by atoms with Gasteiger partial charge in [-0.15, -0.1) is 0 Å². The molecule has 0 aromatic carbocycles. The number of aliphatic hydroxyl groups is 1. The van der Waals surface area contributed by atoms with Crippen molar-refractivity contribution >= 4 is 0 Å². The van der Waals surface area contributed by atoms with Crippen LogP contribution in [-0.4, -0.2) is 11.3 Å². The molecule has 0 radical (unpaired) electrons. The van der Waals surface area contributed by atoms with Crippen molar-refractivity contribution < 1.29 is 5.11 Å². The predicted molar refractivity (Wildman–Crippen MR) is 41.4 cm³/mol.